The Morgan fingerprint density at radius 3 is 3.00 bits per heavy atom. The molecule has 2 aliphatic rings. The first-order chi connectivity index (χ1) is 9.12. The van der Waals surface area contributed by atoms with Crippen molar-refractivity contribution >= 4 is 21.6 Å². The minimum absolute atomic E-state index is 0.0150. The normalized spacial score (nSPS) is 29.9. The van der Waals surface area contributed by atoms with Gasteiger partial charge in [0.05, 0.1) is 23.3 Å². The Labute approximate surface area is 116 Å². The Hall–Kier alpha value is -0.600. The number of rotatable bonds is 4. The van der Waals surface area contributed by atoms with Crippen LogP contribution in [0.1, 0.15) is 36.2 Å². The lowest BCUT2D eigenvalue weighted by Crippen LogP contribution is -2.29. The van der Waals surface area contributed by atoms with Gasteiger partial charge in [-0.15, -0.1) is 0 Å². The fourth-order valence-electron chi connectivity index (χ4n) is 2.44. The SMILES string of the molecule is O=S1(=O)CCC(NCc2nc(C3CCCS3)no2)C1. The average molecular weight is 303 g/mol. The fraction of sp³-hybridized carbons (Fsp3) is 0.818. The molecule has 0 amide bonds. The molecule has 0 saturated carbocycles. The van der Waals surface area contributed by atoms with Crippen LogP contribution >= 0.6 is 11.8 Å². The third-order valence-electron chi connectivity index (χ3n) is 3.48. The monoisotopic (exact) mass is 303 g/mol. The van der Waals surface area contributed by atoms with Gasteiger partial charge in [-0.25, -0.2) is 8.42 Å². The molecule has 6 nitrogen and oxygen atoms in total. The molecule has 106 valence electrons. The Morgan fingerprint density at radius 2 is 2.32 bits per heavy atom. The van der Waals surface area contributed by atoms with Crippen molar-refractivity contribution in [3.05, 3.63) is 11.7 Å². The molecule has 2 saturated heterocycles. The van der Waals surface area contributed by atoms with Gasteiger partial charge in [-0.3, -0.25) is 0 Å². The van der Waals surface area contributed by atoms with Gasteiger partial charge in [0.2, 0.25) is 5.89 Å². The lowest BCUT2D eigenvalue weighted by molar-refractivity contribution is 0.355. The van der Waals surface area contributed by atoms with E-state index in [4.69, 9.17) is 4.52 Å². The van der Waals surface area contributed by atoms with Gasteiger partial charge in [-0.05, 0) is 25.0 Å². The van der Waals surface area contributed by atoms with Gasteiger partial charge < -0.3 is 9.84 Å². The van der Waals surface area contributed by atoms with Gasteiger partial charge in [-0.2, -0.15) is 16.7 Å². The smallest absolute Gasteiger partial charge is 0.240 e. The fourth-order valence-corrected chi connectivity index (χ4v) is 5.34. The van der Waals surface area contributed by atoms with Gasteiger partial charge in [0, 0.05) is 6.04 Å². The van der Waals surface area contributed by atoms with Crippen LogP contribution in [0.2, 0.25) is 0 Å². The van der Waals surface area contributed by atoms with Crippen molar-refractivity contribution in [1.29, 1.82) is 0 Å². The lowest BCUT2D eigenvalue weighted by atomic mass is 10.2. The molecule has 0 radical (unpaired) electrons. The maximum Gasteiger partial charge on any atom is 0.240 e. The molecule has 2 fully saturated rings. The molecule has 8 heteroatoms. The predicted octanol–water partition coefficient (Wildman–Crippen LogP) is 0.914. The summed E-state index contributed by atoms with van der Waals surface area (Å²) in [6.45, 7) is 0.449. The van der Waals surface area contributed by atoms with Gasteiger partial charge in [0.15, 0.2) is 15.7 Å². The van der Waals surface area contributed by atoms with E-state index in [1.807, 2.05) is 11.8 Å². The minimum Gasteiger partial charge on any atom is -0.338 e. The van der Waals surface area contributed by atoms with Crippen molar-refractivity contribution in [3.8, 4) is 0 Å². The highest BCUT2D eigenvalue weighted by atomic mass is 32.2. The maximum absolute atomic E-state index is 11.3. The number of sulfone groups is 1. The first-order valence-electron chi connectivity index (χ1n) is 6.50. The second-order valence-electron chi connectivity index (χ2n) is 5.03. The second kappa shape index (κ2) is 5.41. The molecule has 0 aromatic carbocycles. The number of hydrogen-bond acceptors (Lipinski definition) is 7. The Balaban J connectivity index is 1.53. The van der Waals surface area contributed by atoms with E-state index in [2.05, 4.69) is 15.5 Å². The zero-order valence-corrected chi connectivity index (χ0v) is 12.2. The van der Waals surface area contributed by atoms with Crippen LogP contribution in [0, 0.1) is 0 Å². The predicted molar refractivity (Wildman–Crippen MR) is 72.6 cm³/mol. The summed E-state index contributed by atoms with van der Waals surface area (Å²) in [5.41, 5.74) is 0. The number of hydrogen-bond donors (Lipinski definition) is 1. The highest BCUT2D eigenvalue weighted by molar-refractivity contribution is 7.99. The van der Waals surface area contributed by atoms with Crippen molar-refractivity contribution in [2.45, 2.75) is 37.1 Å². The highest BCUT2D eigenvalue weighted by Gasteiger charge is 2.28. The van der Waals surface area contributed by atoms with Gasteiger partial charge in [0.25, 0.3) is 0 Å². The number of thioether (sulfide) groups is 1. The molecule has 0 aliphatic carbocycles. The highest BCUT2D eigenvalue weighted by Crippen LogP contribution is 2.38. The van der Waals surface area contributed by atoms with Gasteiger partial charge >= 0.3 is 0 Å². The summed E-state index contributed by atoms with van der Waals surface area (Å²) in [4.78, 5) is 4.38. The molecule has 2 atom stereocenters. The summed E-state index contributed by atoms with van der Waals surface area (Å²) in [5.74, 6) is 2.97. The summed E-state index contributed by atoms with van der Waals surface area (Å²) < 4.78 is 27.9. The van der Waals surface area contributed by atoms with Crippen molar-refractivity contribution in [1.82, 2.24) is 15.5 Å². The molecule has 2 unspecified atom stereocenters. The summed E-state index contributed by atoms with van der Waals surface area (Å²) in [7, 11) is -2.84. The van der Waals surface area contributed by atoms with E-state index in [9.17, 15) is 8.42 Å². The van der Waals surface area contributed by atoms with E-state index in [0.717, 1.165) is 18.0 Å². The van der Waals surface area contributed by atoms with Crippen LogP contribution in [-0.2, 0) is 16.4 Å². The zero-order chi connectivity index (χ0) is 13.3. The van der Waals surface area contributed by atoms with Crippen molar-refractivity contribution in [3.63, 3.8) is 0 Å². The van der Waals surface area contributed by atoms with Crippen LogP contribution in [-0.4, -0.2) is 41.9 Å². The molecule has 3 heterocycles. The van der Waals surface area contributed by atoms with Crippen LogP contribution in [0.5, 0.6) is 0 Å². The Morgan fingerprint density at radius 1 is 1.42 bits per heavy atom. The number of nitrogens with zero attached hydrogens (tertiary/aromatic N) is 2. The Kier molecular flexibility index (Phi) is 3.81. The first-order valence-corrected chi connectivity index (χ1v) is 9.37. The summed E-state index contributed by atoms with van der Waals surface area (Å²) >= 11 is 1.87. The van der Waals surface area contributed by atoms with E-state index in [-0.39, 0.29) is 17.5 Å². The van der Waals surface area contributed by atoms with E-state index < -0.39 is 9.84 Å². The summed E-state index contributed by atoms with van der Waals surface area (Å²) in [6, 6.07) is 0.0150. The molecule has 0 bridgehead atoms. The summed E-state index contributed by atoms with van der Waals surface area (Å²) in [6.07, 6.45) is 2.98. The zero-order valence-electron chi connectivity index (χ0n) is 10.5. The lowest BCUT2D eigenvalue weighted by Gasteiger charge is -2.07. The van der Waals surface area contributed by atoms with E-state index in [0.29, 0.717) is 24.1 Å². The third kappa shape index (κ3) is 3.29. The van der Waals surface area contributed by atoms with Crippen LogP contribution in [0.4, 0.5) is 0 Å². The second-order valence-corrected chi connectivity index (χ2v) is 8.57. The van der Waals surface area contributed by atoms with E-state index in [1.54, 1.807) is 0 Å². The van der Waals surface area contributed by atoms with E-state index in [1.165, 1.54) is 6.42 Å². The molecular formula is C11H17N3O3S2. The average Bonchev–Trinajstić information content (AvgIpc) is 3.04. The topological polar surface area (TPSA) is 85.1 Å². The molecule has 0 spiro atoms. The van der Waals surface area contributed by atoms with Crippen molar-refractivity contribution in [2.75, 3.05) is 17.3 Å². The third-order valence-corrected chi connectivity index (χ3v) is 6.62. The quantitative estimate of drug-likeness (QED) is 0.885. The molecule has 1 N–H and O–H groups in total. The molecule has 19 heavy (non-hydrogen) atoms. The number of nitrogens with one attached hydrogen (secondary N) is 1. The molecule has 2 aliphatic heterocycles. The van der Waals surface area contributed by atoms with E-state index >= 15 is 0 Å². The van der Waals surface area contributed by atoms with Crippen LogP contribution in [0.3, 0.4) is 0 Å². The minimum atomic E-state index is -2.84. The van der Waals surface area contributed by atoms with Crippen LogP contribution in [0.15, 0.2) is 4.52 Å². The molecule has 1 aromatic rings. The van der Waals surface area contributed by atoms with Crippen LogP contribution in [0.25, 0.3) is 0 Å². The maximum atomic E-state index is 11.3. The Bertz CT molecular complexity index is 537. The standard InChI is InChI=1S/C11H17N3O3S2/c15-19(16)5-3-8(7-19)12-6-10-13-11(14-17-10)9-2-1-4-18-9/h8-9,12H,1-7H2. The largest absolute Gasteiger partial charge is 0.338 e. The van der Waals surface area contributed by atoms with Crippen LogP contribution < -0.4 is 5.32 Å². The van der Waals surface area contributed by atoms with Gasteiger partial charge in [0.1, 0.15) is 0 Å². The van der Waals surface area contributed by atoms with Crippen molar-refractivity contribution < 1.29 is 12.9 Å². The molecule has 3 rings (SSSR count). The summed E-state index contributed by atoms with van der Waals surface area (Å²) in [5, 5.41) is 7.55. The van der Waals surface area contributed by atoms with Crippen molar-refractivity contribution in [2.24, 2.45) is 0 Å². The first kappa shape index (κ1) is 13.4. The molecule has 1 aromatic heterocycles. The molecular weight excluding hydrogens is 286 g/mol. The van der Waals surface area contributed by atoms with Gasteiger partial charge in [-0.1, -0.05) is 5.16 Å². The number of aromatic nitrogens is 2.